The Morgan fingerprint density at radius 3 is 2.54 bits per heavy atom. The van der Waals surface area contributed by atoms with E-state index >= 15 is 0 Å². The van der Waals surface area contributed by atoms with Gasteiger partial charge in [-0.05, 0) is 37.3 Å². The first-order valence-electron chi connectivity index (χ1n) is 11.7. The molecule has 0 radical (unpaired) electrons. The van der Waals surface area contributed by atoms with Gasteiger partial charge in [-0.15, -0.1) is 0 Å². The summed E-state index contributed by atoms with van der Waals surface area (Å²) in [5.41, 5.74) is 2.09. The second-order valence-electron chi connectivity index (χ2n) is 8.87. The molecule has 3 atom stereocenters. The Morgan fingerprint density at radius 1 is 1.26 bits per heavy atom. The molecule has 10 nitrogen and oxygen atoms in total. The Hall–Kier alpha value is -3.66. The van der Waals surface area contributed by atoms with E-state index in [4.69, 9.17) is 5.84 Å². The van der Waals surface area contributed by atoms with E-state index in [1.54, 1.807) is 30.3 Å². The number of carbonyl (C=O) groups excluding carboxylic acids is 2. The van der Waals surface area contributed by atoms with Crippen LogP contribution in [0.1, 0.15) is 45.2 Å². The van der Waals surface area contributed by atoms with Gasteiger partial charge in [-0.25, -0.2) is 9.97 Å². The van der Waals surface area contributed by atoms with Crippen LogP contribution < -0.4 is 11.2 Å². The van der Waals surface area contributed by atoms with Crippen LogP contribution in [0.25, 0.3) is 11.4 Å². The molecule has 2 heterocycles. The summed E-state index contributed by atoms with van der Waals surface area (Å²) < 4.78 is 0. The third kappa shape index (κ3) is 6.48. The lowest BCUT2D eigenvalue weighted by atomic mass is 10.0. The lowest BCUT2D eigenvalue weighted by Gasteiger charge is -2.29. The Bertz CT molecular complexity index is 1050. The highest BCUT2D eigenvalue weighted by Gasteiger charge is 2.38. The number of nitrogens with two attached hydrogens (primary N) is 1. The fraction of sp³-hybridized carbons (Fsp3) is 0.440. The Labute approximate surface area is 205 Å². The zero-order valence-electron chi connectivity index (χ0n) is 20.3. The Balaban J connectivity index is 1.71. The average Bonchev–Trinajstić information content (AvgIpc) is 3.37. The zero-order valence-corrected chi connectivity index (χ0v) is 20.3. The third-order valence-electron chi connectivity index (χ3n) is 5.98. The van der Waals surface area contributed by atoms with Crippen molar-refractivity contribution < 1.29 is 14.7 Å². The van der Waals surface area contributed by atoms with Crippen molar-refractivity contribution in [2.75, 3.05) is 13.2 Å². The lowest BCUT2D eigenvalue weighted by Crippen LogP contribution is -2.50. The van der Waals surface area contributed by atoms with Gasteiger partial charge in [0.15, 0.2) is 5.82 Å². The van der Waals surface area contributed by atoms with Crippen molar-refractivity contribution in [1.29, 1.82) is 0 Å². The van der Waals surface area contributed by atoms with Crippen molar-refractivity contribution in [3.63, 3.8) is 0 Å². The smallest absolute Gasteiger partial charge is 0.248 e. The van der Waals surface area contributed by atoms with Crippen LogP contribution in [0.4, 0.5) is 0 Å². The second kappa shape index (κ2) is 12.2. The summed E-state index contributed by atoms with van der Waals surface area (Å²) in [6, 6.07) is 7.25. The van der Waals surface area contributed by atoms with Gasteiger partial charge in [0.1, 0.15) is 12.1 Å². The van der Waals surface area contributed by atoms with Crippen LogP contribution in [-0.4, -0.2) is 69.0 Å². The maximum absolute atomic E-state index is 13.3. The van der Waals surface area contributed by atoms with Gasteiger partial charge in [-0.3, -0.25) is 14.6 Å². The highest BCUT2D eigenvalue weighted by molar-refractivity contribution is 6.29. The van der Waals surface area contributed by atoms with Gasteiger partial charge in [-0.2, -0.15) is 5.10 Å². The van der Waals surface area contributed by atoms with E-state index in [9.17, 15) is 14.7 Å². The van der Waals surface area contributed by atoms with E-state index in [-0.39, 0.29) is 24.3 Å². The summed E-state index contributed by atoms with van der Waals surface area (Å²) in [5.74, 6) is 5.30. The monoisotopic (exact) mass is 479 g/mol. The largest absolute Gasteiger partial charge is 0.394 e. The number of nitrogens with zero attached hydrogens (tertiary/aromatic N) is 5. The molecule has 3 rings (SSSR count). The molecule has 0 spiro atoms. The summed E-state index contributed by atoms with van der Waals surface area (Å²) in [6.07, 6.45) is 6.10. The van der Waals surface area contributed by atoms with Gasteiger partial charge in [-0.1, -0.05) is 38.1 Å². The van der Waals surface area contributed by atoms with Crippen LogP contribution in [-0.2, 0) is 9.59 Å². The Kier molecular flexibility index (Phi) is 9.02. The van der Waals surface area contributed by atoms with E-state index in [0.717, 1.165) is 17.5 Å². The van der Waals surface area contributed by atoms with Crippen molar-refractivity contribution in [2.24, 2.45) is 21.9 Å². The van der Waals surface area contributed by atoms with Crippen molar-refractivity contribution in [1.82, 2.24) is 20.2 Å². The molecule has 1 saturated heterocycles. The fourth-order valence-electron chi connectivity index (χ4n) is 4.03. The SMILES string of the molecule is CC(C=N[C@H](C(=O)N1CCC[C@H]1C(=O)N[C@@H](CO)c1ccc(-c2ncccn2)cc1)C(C)C)=NN. The van der Waals surface area contributed by atoms with Crippen LogP contribution in [0.15, 0.2) is 52.8 Å². The number of benzene rings is 1. The van der Waals surface area contributed by atoms with Gasteiger partial charge in [0.2, 0.25) is 11.8 Å². The minimum Gasteiger partial charge on any atom is -0.394 e. The number of aliphatic imine (C=N–C) groups is 1. The molecule has 1 aromatic carbocycles. The number of carbonyl (C=O) groups is 2. The second-order valence-corrected chi connectivity index (χ2v) is 8.87. The molecule has 0 aliphatic carbocycles. The van der Waals surface area contributed by atoms with E-state index in [1.807, 2.05) is 38.1 Å². The molecule has 10 heteroatoms. The number of amides is 2. The molecule has 1 aromatic heterocycles. The van der Waals surface area contributed by atoms with Gasteiger partial charge in [0.25, 0.3) is 0 Å². The number of rotatable bonds is 9. The highest BCUT2D eigenvalue weighted by atomic mass is 16.3. The number of nitrogens with one attached hydrogen (secondary N) is 1. The molecule has 186 valence electrons. The quantitative estimate of drug-likeness (QED) is 0.283. The molecule has 0 bridgehead atoms. The van der Waals surface area contributed by atoms with Gasteiger partial charge < -0.3 is 21.2 Å². The van der Waals surface area contributed by atoms with E-state index in [2.05, 4.69) is 25.4 Å². The highest BCUT2D eigenvalue weighted by Crippen LogP contribution is 2.24. The molecule has 4 N–H and O–H groups in total. The summed E-state index contributed by atoms with van der Waals surface area (Å²) in [6.45, 7) is 5.73. The van der Waals surface area contributed by atoms with Crippen LogP contribution >= 0.6 is 0 Å². The maximum Gasteiger partial charge on any atom is 0.248 e. The number of aliphatic hydroxyl groups excluding tert-OH is 1. The average molecular weight is 480 g/mol. The number of hydrogen-bond donors (Lipinski definition) is 3. The molecular weight excluding hydrogens is 446 g/mol. The molecule has 1 aliphatic heterocycles. The summed E-state index contributed by atoms with van der Waals surface area (Å²) >= 11 is 0. The predicted molar refractivity (Wildman–Crippen MR) is 135 cm³/mol. The normalized spacial score (nSPS) is 18.1. The molecule has 1 fully saturated rings. The van der Waals surface area contributed by atoms with Crippen LogP contribution in [0.2, 0.25) is 0 Å². The molecule has 1 aliphatic rings. The first-order chi connectivity index (χ1) is 16.8. The minimum atomic E-state index is -0.638. The van der Waals surface area contributed by atoms with Crippen molar-refractivity contribution in [3.05, 3.63) is 48.3 Å². The van der Waals surface area contributed by atoms with E-state index in [0.29, 0.717) is 24.5 Å². The summed E-state index contributed by atoms with van der Waals surface area (Å²) in [4.78, 5) is 40.9. The fourth-order valence-corrected chi connectivity index (χ4v) is 4.03. The summed E-state index contributed by atoms with van der Waals surface area (Å²) in [7, 11) is 0. The molecule has 0 unspecified atom stereocenters. The molecule has 2 amide bonds. The minimum absolute atomic E-state index is 0.0639. The molecule has 0 saturated carbocycles. The van der Waals surface area contributed by atoms with Crippen LogP contribution in [0.3, 0.4) is 0 Å². The standard InChI is InChI=1S/C25H33N7O3/c1-16(2)22(29-14-17(3)31-26)25(35)32-13-4-6-21(32)24(34)30-20(15-33)18-7-9-19(10-8-18)23-27-11-5-12-28-23/h5,7-12,14,16,20-22,33H,4,6,13,15,26H2,1-3H3,(H,30,34)/t20-,21-,22-/m0/s1. The first kappa shape index (κ1) is 26.0. The van der Waals surface area contributed by atoms with Gasteiger partial charge in [0.05, 0.1) is 18.4 Å². The van der Waals surface area contributed by atoms with E-state index in [1.165, 1.54) is 6.21 Å². The molecular formula is C25H33N7O3. The number of aliphatic hydroxyl groups is 1. The van der Waals surface area contributed by atoms with Crippen molar-refractivity contribution >= 4 is 23.7 Å². The number of aromatic nitrogens is 2. The summed E-state index contributed by atoms with van der Waals surface area (Å²) in [5, 5.41) is 16.4. The Morgan fingerprint density at radius 2 is 1.94 bits per heavy atom. The number of hydrogen-bond acceptors (Lipinski definition) is 8. The van der Waals surface area contributed by atoms with Crippen LogP contribution in [0, 0.1) is 5.92 Å². The topological polar surface area (TPSA) is 146 Å². The lowest BCUT2D eigenvalue weighted by molar-refractivity contribution is -0.140. The molecule has 2 aromatic rings. The predicted octanol–water partition coefficient (Wildman–Crippen LogP) is 1.71. The number of likely N-dealkylation sites (tertiary alicyclic amines) is 1. The van der Waals surface area contributed by atoms with Gasteiger partial charge >= 0.3 is 0 Å². The van der Waals surface area contributed by atoms with E-state index < -0.39 is 18.1 Å². The first-order valence-corrected chi connectivity index (χ1v) is 11.7. The van der Waals surface area contributed by atoms with Crippen molar-refractivity contribution in [2.45, 2.75) is 51.7 Å². The number of hydrazone groups is 1. The zero-order chi connectivity index (χ0) is 25.4. The van der Waals surface area contributed by atoms with Crippen LogP contribution in [0.5, 0.6) is 0 Å². The van der Waals surface area contributed by atoms with Gasteiger partial charge in [0, 0.05) is 30.7 Å². The van der Waals surface area contributed by atoms with Crippen molar-refractivity contribution in [3.8, 4) is 11.4 Å². The maximum atomic E-state index is 13.3. The third-order valence-corrected chi connectivity index (χ3v) is 5.98. The molecule has 35 heavy (non-hydrogen) atoms.